The predicted octanol–water partition coefficient (Wildman–Crippen LogP) is 2.73. The number of hydrogen-bond donors (Lipinski definition) is 1. The first kappa shape index (κ1) is 19.8. The maximum atomic E-state index is 11.7. The Labute approximate surface area is 163 Å². The minimum absolute atomic E-state index is 0.0921. The lowest BCUT2D eigenvalue weighted by atomic mass is 10.1. The summed E-state index contributed by atoms with van der Waals surface area (Å²) in [5.74, 6) is 0.176. The van der Waals surface area contributed by atoms with E-state index in [-0.39, 0.29) is 22.2 Å². The second kappa shape index (κ2) is 7.97. The van der Waals surface area contributed by atoms with Crippen molar-refractivity contribution < 1.29 is 18.1 Å². The molecule has 8 nitrogen and oxygen atoms in total. The third-order valence-electron chi connectivity index (χ3n) is 4.64. The molecule has 0 spiro atoms. The van der Waals surface area contributed by atoms with E-state index in [1.807, 2.05) is 29.2 Å². The van der Waals surface area contributed by atoms with Gasteiger partial charge >= 0.3 is 0 Å². The van der Waals surface area contributed by atoms with Crippen molar-refractivity contribution >= 4 is 27.1 Å². The third kappa shape index (κ3) is 4.66. The highest BCUT2D eigenvalue weighted by Gasteiger charge is 2.20. The van der Waals surface area contributed by atoms with Crippen LogP contribution in [0.4, 0.5) is 11.4 Å². The first-order valence-corrected chi connectivity index (χ1v) is 10.7. The van der Waals surface area contributed by atoms with E-state index >= 15 is 0 Å². The van der Waals surface area contributed by atoms with E-state index in [4.69, 9.17) is 0 Å². The molecule has 2 aromatic carbocycles. The summed E-state index contributed by atoms with van der Waals surface area (Å²) in [7, 11) is -3.52. The number of hydrogen-bond acceptors (Lipinski definition) is 6. The number of anilines is 1. The lowest BCUT2D eigenvalue weighted by Gasteiger charge is -2.15. The Morgan fingerprint density at radius 1 is 1.14 bits per heavy atom. The van der Waals surface area contributed by atoms with Crippen LogP contribution in [0, 0.1) is 10.1 Å². The molecule has 1 fully saturated rings. The van der Waals surface area contributed by atoms with Gasteiger partial charge in [-0.2, -0.15) is 0 Å². The molecule has 0 bridgehead atoms. The van der Waals surface area contributed by atoms with Crippen LogP contribution in [0.15, 0.2) is 47.4 Å². The largest absolute Gasteiger partial charge is 0.375 e. The number of sulfone groups is 1. The minimum Gasteiger partial charge on any atom is -0.375 e. The van der Waals surface area contributed by atoms with Crippen LogP contribution in [0.1, 0.15) is 24.0 Å². The molecule has 1 aliphatic heterocycles. The molecule has 1 N–H and O–H groups in total. The van der Waals surface area contributed by atoms with Crippen LogP contribution in [0.2, 0.25) is 0 Å². The van der Waals surface area contributed by atoms with Crippen molar-refractivity contribution in [3.63, 3.8) is 0 Å². The number of benzene rings is 2. The third-order valence-corrected chi connectivity index (χ3v) is 5.76. The smallest absolute Gasteiger partial charge is 0.293 e. The Balaban J connectivity index is 1.68. The Kier molecular flexibility index (Phi) is 5.64. The van der Waals surface area contributed by atoms with Crippen LogP contribution in [-0.4, -0.2) is 36.9 Å². The number of nitro groups is 1. The zero-order valence-corrected chi connectivity index (χ0v) is 16.2. The van der Waals surface area contributed by atoms with Crippen molar-refractivity contribution in [1.29, 1.82) is 0 Å². The molecule has 0 radical (unpaired) electrons. The molecular formula is C19H21N3O5S. The van der Waals surface area contributed by atoms with Crippen LogP contribution in [0.3, 0.4) is 0 Å². The van der Waals surface area contributed by atoms with Gasteiger partial charge < -0.3 is 10.2 Å². The van der Waals surface area contributed by atoms with Gasteiger partial charge in [0.05, 0.1) is 9.82 Å². The number of carbonyl (C=O) groups excluding carboxylic acids is 1. The fraction of sp³-hybridized carbons (Fsp3) is 0.316. The number of nitrogens with zero attached hydrogens (tertiary/aromatic N) is 2. The highest BCUT2D eigenvalue weighted by Crippen LogP contribution is 2.28. The molecular weight excluding hydrogens is 382 g/mol. The van der Waals surface area contributed by atoms with Crippen LogP contribution < -0.4 is 5.32 Å². The summed E-state index contributed by atoms with van der Waals surface area (Å²) in [6.07, 6.45) is 2.52. The summed E-state index contributed by atoms with van der Waals surface area (Å²) in [6.45, 7) is 1.72. The summed E-state index contributed by atoms with van der Waals surface area (Å²) >= 11 is 0. The van der Waals surface area contributed by atoms with E-state index in [1.165, 1.54) is 12.1 Å². The highest BCUT2D eigenvalue weighted by molar-refractivity contribution is 7.90. The lowest BCUT2D eigenvalue weighted by molar-refractivity contribution is -0.384. The average molecular weight is 403 g/mol. The zero-order valence-electron chi connectivity index (χ0n) is 15.4. The van der Waals surface area contributed by atoms with Gasteiger partial charge in [-0.25, -0.2) is 8.42 Å². The number of nitrogens with one attached hydrogen (secondary N) is 1. The first-order valence-electron chi connectivity index (χ1n) is 8.82. The Morgan fingerprint density at radius 2 is 1.82 bits per heavy atom. The van der Waals surface area contributed by atoms with Gasteiger partial charge in [0.2, 0.25) is 5.91 Å². The molecule has 9 heteroatoms. The number of likely N-dealkylation sites (tertiary alicyclic amines) is 1. The van der Waals surface area contributed by atoms with E-state index < -0.39 is 14.8 Å². The van der Waals surface area contributed by atoms with Crippen molar-refractivity contribution in [1.82, 2.24) is 4.90 Å². The summed E-state index contributed by atoms with van der Waals surface area (Å²) in [5.41, 5.74) is 1.91. The molecule has 1 heterocycles. The Bertz CT molecular complexity index is 1000. The van der Waals surface area contributed by atoms with Crippen LogP contribution in [-0.2, 0) is 27.7 Å². The van der Waals surface area contributed by atoms with Gasteiger partial charge in [-0.05, 0) is 29.7 Å². The zero-order chi connectivity index (χ0) is 20.3. The number of amides is 1. The SMILES string of the molecule is CS(=O)(=O)c1ccc(NCc2ccc(CN3CCCC3=O)cc2)c([N+](=O)[O-])c1. The first-order chi connectivity index (χ1) is 13.2. The van der Waals surface area contributed by atoms with Gasteiger partial charge in [-0.1, -0.05) is 24.3 Å². The molecule has 3 rings (SSSR count). The molecule has 0 aromatic heterocycles. The Morgan fingerprint density at radius 3 is 2.39 bits per heavy atom. The summed E-state index contributed by atoms with van der Waals surface area (Å²) in [6, 6.07) is 11.5. The monoisotopic (exact) mass is 403 g/mol. The molecule has 0 unspecified atom stereocenters. The van der Waals surface area contributed by atoms with E-state index in [0.29, 0.717) is 19.5 Å². The van der Waals surface area contributed by atoms with E-state index in [9.17, 15) is 23.3 Å². The second-order valence-corrected chi connectivity index (χ2v) is 8.81. The fourth-order valence-corrected chi connectivity index (χ4v) is 3.73. The van der Waals surface area contributed by atoms with E-state index in [2.05, 4.69) is 5.32 Å². The molecule has 0 aliphatic carbocycles. The van der Waals surface area contributed by atoms with Gasteiger partial charge in [-0.3, -0.25) is 14.9 Å². The van der Waals surface area contributed by atoms with Crippen molar-refractivity contribution in [3.8, 4) is 0 Å². The molecule has 148 valence electrons. The molecule has 1 amide bonds. The molecule has 0 atom stereocenters. The van der Waals surface area contributed by atoms with E-state index in [0.717, 1.165) is 36.4 Å². The van der Waals surface area contributed by atoms with Crippen LogP contribution in [0.5, 0.6) is 0 Å². The van der Waals surface area contributed by atoms with Gasteiger partial charge in [0.1, 0.15) is 5.69 Å². The maximum absolute atomic E-state index is 11.7. The van der Waals surface area contributed by atoms with Crippen molar-refractivity contribution in [2.45, 2.75) is 30.8 Å². The minimum atomic E-state index is -3.52. The van der Waals surface area contributed by atoms with Crippen LogP contribution in [0.25, 0.3) is 0 Å². The number of carbonyl (C=O) groups is 1. The predicted molar refractivity (Wildman–Crippen MR) is 105 cm³/mol. The fourth-order valence-electron chi connectivity index (χ4n) is 3.09. The van der Waals surface area contributed by atoms with Gasteiger partial charge in [0.15, 0.2) is 9.84 Å². The summed E-state index contributed by atoms with van der Waals surface area (Å²) in [5, 5.41) is 14.3. The Hall–Kier alpha value is -2.94. The molecule has 2 aromatic rings. The van der Waals surface area contributed by atoms with Gasteiger partial charge in [-0.15, -0.1) is 0 Å². The van der Waals surface area contributed by atoms with Gasteiger partial charge in [0, 0.05) is 38.4 Å². The van der Waals surface area contributed by atoms with Gasteiger partial charge in [0.25, 0.3) is 5.69 Å². The van der Waals surface area contributed by atoms with E-state index in [1.54, 1.807) is 0 Å². The summed E-state index contributed by atoms with van der Waals surface area (Å²) in [4.78, 5) is 24.1. The molecule has 0 saturated carbocycles. The highest BCUT2D eigenvalue weighted by atomic mass is 32.2. The van der Waals surface area contributed by atoms with Crippen molar-refractivity contribution in [2.75, 3.05) is 18.1 Å². The standard InChI is InChI=1S/C19H21N3O5S/c1-28(26,27)16-8-9-17(18(11-16)22(24)25)20-12-14-4-6-15(7-5-14)13-21-10-2-3-19(21)23/h4-9,11,20H,2-3,10,12-13H2,1H3. The molecule has 28 heavy (non-hydrogen) atoms. The maximum Gasteiger partial charge on any atom is 0.293 e. The lowest BCUT2D eigenvalue weighted by Crippen LogP contribution is -2.23. The van der Waals surface area contributed by atoms with Crippen molar-refractivity contribution in [3.05, 3.63) is 63.7 Å². The van der Waals surface area contributed by atoms with Crippen molar-refractivity contribution in [2.24, 2.45) is 0 Å². The summed E-state index contributed by atoms with van der Waals surface area (Å²) < 4.78 is 23.2. The number of nitro benzene ring substituents is 1. The quantitative estimate of drug-likeness (QED) is 0.562. The topological polar surface area (TPSA) is 110 Å². The number of rotatable bonds is 7. The average Bonchev–Trinajstić information content (AvgIpc) is 3.05. The van der Waals surface area contributed by atoms with Crippen LogP contribution >= 0.6 is 0 Å². The molecule has 1 saturated heterocycles. The normalized spacial score (nSPS) is 14.3. The molecule has 1 aliphatic rings. The second-order valence-electron chi connectivity index (χ2n) is 6.80.